The molecule has 11 heteroatoms. The Morgan fingerprint density at radius 3 is 2.42 bits per heavy atom. The van der Waals surface area contributed by atoms with Gasteiger partial charge < -0.3 is 23.8 Å². The fraction of sp³-hybridized carbons (Fsp3) is 0.364. The second-order valence-corrected chi connectivity index (χ2v) is 7.91. The SMILES string of the molecule is COc1cc(C(=O)OCC(=O)N2C[C@@H](C)O[C@@H](C)C2)ccc1Oc1ccc(Cl)cc1[N+](=O)[O-]. The summed E-state index contributed by atoms with van der Waals surface area (Å²) >= 11 is 5.82. The van der Waals surface area contributed by atoms with E-state index in [-0.39, 0.29) is 51.6 Å². The maximum absolute atomic E-state index is 12.5. The summed E-state index contributed by atoms with van der Waals surface area (Å²) < 4.78 is 21.6. The predicted molar refractivity (Wildman–Crippen MR) is 118 cm³/mol. The second kappa shape index (κ2) is 10.5. The average molecular weight is 479 g/mol. The molecule has 1 saturated heterocycles. The molecule has 1 aliphatic rings. The smallest absolute Gasteiger partial charge is 0.338 e. The van der Waals surface area contributed by atoms with Crippen molar-refractivity contribution < 1.29 is 33.5 Å². The van der Waals surface area contributed by atoms with E-state index in [1.165, 1.54) is 43.5 Å². The molecule has 0 saturated carbocycles. The molecule has 0 unspecified atom stereocenters. The molecule has 0 bridgehead atoms. The molecule has 2 atom stereocenters. The molecule has 0 radical (unpaired) electrons. The Morgan fingerprint density at radius 1 is 1.12 bits per heavy atom. The molecule has 0 spiro atoms. The van der Waals surface area contributed by atoms with Gasteiger partial charge >= 0.3 is 11.7 Å². The van der Waals surface area contributed by atoms with Crippen molar-refractivity contribution in [2.24, 2.45) is 0 Å². The van der Waals surface area contributed by atoms with Crippen molar-refractivity contribution in [3.05, 3.63) is 57.1 Å². The molecule has 10 nitrogen and oxygen atoms in total. The lowest BCUT2D eigenvalue weighted by molar-refractivity contribution is -0.385. The number of amides is 1. The largest absolute Gasteiger partial charge is 0.493 e. The van der Waals surface area contributed by atoms with Crippen LogP contribution >= 0.6 is 11.6 Å². The quantitative estimate of drug-likeness (QED) is 0.334. The van der Waals surface area contributed by atoms with Crippen LogP contribution in [0.3, 0.4) is 0 Å². The van der Waals surface area contributed by atoms with Gasteiger partial charge in [-0.1, -0.05) is 11.6 Å². The first-order valence-electron chi connectivity index (χ1n) is 10.1. The van der Waals surface area contributed by atoms with Gasteiger partial charge in [-0.05, 0) is 44.2 Å². The van der Waals surface area contributed by atoms with E-state index in [4.69, 9.17) is 30.5 Å². The zero-order valence-corrected chi connectivity index (χ0v) is 19.0. The van der Waals surface area contributed by atoms with Gasteiger partial charge in [0.05, 0.1) is 29.8 Å². The van der Waals surface area contributed by atoms with Crippen molar-refractivity contribution in [1.29, 1.82) is 0 Å². The number of nitrogens with zero attached hydrogens (tertiary/aromatic N) is 2. The highest BCUT2D eigenvalue weighted by atomic mass is 35.5. The number of carbonyl (C=O) groups excluding carboxylic acids is 2. The molecular weight excluding hydrogens is 456 g/mol. The number of nitro benzene ring substituents is 1. The molecule has 1 heterocycles. The molecule has 3 rings (SSSR count). The molecule has 176 valence electrons. The second-order valence-electron chi connectivity index (χ2n) is 7.47. The Kier molecular flexibility index (Phi) is 7.72. The maximum Gasteiger partial charge on any atom is 0.338 e. The van der Waals surface area contributed by atoms with Crippen LogP contribution in [-0.2, 0) is 14.3 Å². The number of hydrogen-bond donors (Lipinski definition) is 0. The van der Waals surface area contributed by atoms with Crippen LogP contribution in [-0.4, -0.2) is 60.7 Å². The highest BCUT2D eigenvalue weighted by molar-refractivity contribution is 6.30. The van der Waals surface area contributed by atoms with Gasteiger partial charge in [-0.2, -0.15) is 0 Å². The van der Waals surface area contributed by atoms with Crippen molar-refractivity contribution in [3.8, 4) is 17.2 Å². The molecule has 1 amide bonds. The first kappa shape index (κ1) is 24.3. The lowest BCUT2D eigenvalue weighted by atomic mass is 10.2. The number of nitro groups is 1. The van der Waals surface area contributed by atoms with Gasteiger partial charge in [0.15, 0.2) is 18.1 Å². The zero-order valence-electron chi connectivity index (χ0n) is 18.3. The predicted octanol–water partition coefficient (Wildman–Crippen LogP) is 3.84. The van der Waals surface area contributed by atoms with Crippen molar-refractivity contribution in [2.45, 2.75) is 26.1 Å². The summed E-state index contributed by atoms with van der Waals surface area (Å²) in [5.41, 5.74) is -0.195. The summed E-state index contributed by atoms with van der Waals surface area (Å²) in [6.45, 7) is 4.19. The van der Waals surface area contributed by atoms with Gasteiger partial charge in [-0.3, -0.25) is 14.9 Å². The number of methoxy groups -OCH3 is 1. The lowest BCUT2D eigenvalue weighted by Gasteiger charge is -2.35. The Balaban J connectivity index is 1.69. The Bertz CT molecular complexity index is 1050. The summed E-state index contributed by atoms with van der Waals surface area (Å²) in [7, 11) is 1.36. The number of esters is 1. The van der Waals surface area contributed by atoms with Gasteiger partial charge in [-0.25, -0.2) is 4.79 Å². The minimum absolute atomic E-state index is 0.0439. The zero-order chi connectivity index (χ0) is 24.1. The number of rotatable bonds is 7. The van der Waals surface area contributed by atoms with Gasteiger partial charge in [0.2, 0.25) is 5.75 Å². The molecule has 2 aromatic carbocycles. The van der Waals surface area contributed by atoms with E-state index in [2.05, 4.69) is 0 Å². The van der Waals surface area contributed by atoms with Crippen LogP contribution in [0.1, 0.15) is 24.2 Å². The van der Waals surface area contributed by atoms with Crippen LogP contribution in [0, 0.1) is 10.1 Å². The number of ether oxygens (including phenoxy) is 4. The number of halogens is 1. The van der Waals surface area contributed by atoms with E-state index in [1.807, 2.05) is 13.8 Å². The Labute approximate surface area is 195 Å². The summed E-state index contributed by atoms with van der Waals surface area (Å²) in [4.78, 5) is 37.1. The van der Waals surface area contributed by atoms with Crippen LogP contribution in [0.5, 0.6) is 17.2 Å². The average Bonchev–Trinajstić information content (AvgIpc) is 2.77. The monoisotopic (exact) mass is 478 g/mol. The first-order valence-corrected chi connectivity index (χ1v) is 10.5. The first-order chi connectivity index (χ1) is 15.7. The van der Waals surface area contributed by atoms with E-state index < -0.39 is 17.5 Å². The topological polar surface area (TPSA) is 117 Å². The van der Waals surface area contributed by atoms with Crippen LogP contribution in [0.2, 0.25) is 5.02 Å². The van der Waals surface area contributed by atoms with Crippen molar-refractivity contribution in [1.82, 2.24) is 4.90 Å². The summed E-state index contributed by atoms with van der Waals surface area (Å²) in [5, 5.41) is 11.5. The van der Waals surface area contributed by atoms with Crippen molar-refractivity contribution in [2.75, 3.05) is 26.8 Å². The molecule has 0 aromatic heterocycles. The van der Waals surface area contributed by atoms with E-state index >= 15 is 0 Å². The number of benzene rings is 2. The van der Waals surface area contributed by atoms with E-state index in [0.29, 0.717) is 13.1 Å². The minimum atomic E-state index is -0.722. The summed E-state index contributed by atoms with van der Waals surface area (Å²) in [5.74, 6) is -0.785. The number of morpholine rings is 1. The van der Waals surface area contributed by atoms with Gasteiger partial charge in [-0.15, -0.1) is 0 Å². The molecular formula is C22H23ClN2O8. The third-order valence-electron chi connectivity index (χ3n) is 4.84. The lowest BCUT2D eigenvalue weighted by Crippen LogP contribution is -2.49. The van der Waals surface area contributed by atoms with Crippen LogP contribution in [0.4, 0.5) is 5.69 Å². The maximum atomic E-state index is 12.5. The molecule has 1 aliphatic heterocycles. The normalized spacial score (nSPS) is 17.9. The molecule has 2 aromatic rings. The van der Waals surface area contributed by atoms with Gasteiger partial charge in [0.25, 0.3) is 5.91 Å². The molecule has 33 heavy (non-hydrogen) atoms. The number of carbonyl (C=O) groups is 2. The highest BCUT2D eigenvalue weighted by Gasteiger charge is 2.27. The summed E-state index contributed by atoms with van der Waals surface area (Å²) in [6, 6.07) is 8.17. The molecule has 0 aliphatic carbocycles. The third kappa shape index (κ3) is 6.11. The third-order valence-corrected chi connectivity index (χ3v) is 5.07. The molecule has 0 N–H and O–H groups in total. The Morgan fingerprint density at radius 2 is 1.79 bits per heavy atom. The van der Waals surface area contributed by atoms with Crippen LogP contribution < -0.4 is 9.47 Å². The van der Waals surface area contributed by atoms with E-state index in [9.17, 15) is 19.7 Å². The fourth-order valence-corrected chi connectivity index (χ4v) is 3.57. The van der Waals surface area contributed by atoms with Gasteiger partial charge in [0.1, 0.15) is 0 Å². The van der Waals surface area contributed by atoms with Crippen LogP contribution in [0.25, 0.3) is 0 Å². The van der Waals surface area contributed by atoms with E-state index in [0.717, 1.165) is 0 Å². The standard InChI is InChI=1S/C22H23ClN2O8/c1-13-10-24(11-14(2)32-13)21(26)12-31-22(27)15-4-6-19(20(8-15)30-3)33-18-7-5-16(23)9-17(18)25(28)29/h4-9,13-14H,10-12H2,1-3H3/t13-,14+. The number of hydrogen-bond acceptors (Lipinski definition) is 8. The Hall–Kier alpha value is -3.37. The highest BCUT2D eigenvalue weighted by Crippen LogP contribution is 2.38. The van der Waals surface area contributed by atoms with Crippen molar-refractivity contribution in [3.63, 3.8) is 0 Å². The fourth-order valence-electron chi connectivity index (χ4n) is 3.40. The van der Waals surface area contributed by atoms with Gasteiger partial charge in [0, 0.05) is 24.2 Å². The van der Waals surface area contributed by atoms with E-state index in [1.54, 1.807) is 4.90 Å². The minimum Gasteiger partial charge on any atom is -0.493 e. The summed E-state index contributed by atoms with van der Waals surface area (Å²) in [6.07, 6.45) is -0.191. The van der Waals surface area contributed by atoms with Crippen LogP contribution in [0.15, 0.2) is 36.4 Å². The van der Waals surface area contributed by atoms with Crippen molar-refractivity contribution >= 4 is 29.2 Å². The molecule has 1 fully saturated rings.